The molecule has 9 heteroatoms. The van der Waals surface area contributed by atoms with Gasteiger partial charge in [-0.2, -0.15) is 18.3 Å². The van der Waals surface area contributed by atoms with Crippen molar-refractivity contribution >= 4 is 16.7 Å². The molecule has 2 saturated heterocycles. The summed E-state index contributed by atoms with van der Waals surface area (Å²) in [5, 5.41) is 7.13. The zero-order valence-electron chi connectivity index (χ0n) is 16.1. The number of hydrogen-bond acceptors (Lipinski definition) is 5. The fourth-order valence-electron chi connectivity index (χ4n) is 4.87. The maximum atomic E-state index is 13.4. The minimum atomic E-state index is -4.43. The summed E-state index contributed by atoms with van der Waals surface area (Å²) in [4.78, 5) is 6.85. The molecule has 2 fully saturated rings. The van der Waals surface area contributed by atoms with E-state index >= 15 is 0 Å². The monoisotopic (exact) mass is 408 g/mol. The summed E-state index contributed by atoms with van der Waals surface area (Å²) < 4.78 is 51.3. The molecule has 2 aromatic rings. The van der Waals surface area contributed by atoms with Crippen LogP contribution in [0.1, 0.15) is 30.9 Å². The molecular formula is C20H23F3N4O2. The average molecular weight is 408 g/mol. The van der Waals surface area contributed by atoms with Gasteiger partial charge < -0.3 is 14.5 Å². The molecule has 2 aromatic heterocycles. The van der Waals surface area contributed by atoms with Crippen LogP contribution >= 0.6 is 0 Å². The van der Waals surface area contributed by atoms with Crippen molar-refractivity contribution in [2.24, 2.45) is 16.9 Å². The Morgan fingerprint density at radius 2 is 1.97 bits per heavy atom. The number of halogens is 3. The molecule has 6 nitrogen and oxygen atoms in total. The largest absolute Gasteiger partial charge is 0.418 e. The molecule has 0 aliphatic carbocycles. The third kappa shape index (κ3) is 3.20. The molecule has 0 aromatic carbocycles. The van der Waals surface area contributed by atoms with Gasteiger partial charge in [-0.15, -0.1) is 0 Å². The summed E-state index contributed by atoms with van der Waals surface area (Å²) in [5.41, 5.74) is 0.960. The number of ether oxygens (including phenoxy) is 2. The van der Waals surface area contributed by atoms with Crippen molar-refractivity contribution in [1.82, 2.24) is 15.0 Å². The number of aromatic amines is 1. The Morgan fingerprint density at radius 1 is 1.17 bits per heavy atom. The van der Waals surface area contributed by atoms with Crippen molar-refractivity contribution in [3.8, 4) is 0 Å². The van der Waals surface area contributed by atoms with Gasteiger partial charge in [0.1, 0.15) is 5.65 Å². The highest BCUT2D eigenvalue weighted by atomic mass is 19.4. The Balaban J connectivity index is 1.54. The van der Waals surface area contributed by atoms with Crippen molar-refractivity contribution in [3.63, 3.8) is 0 Å². The van der Waals surface area contributed by atoms with Crippen LogP contribution in [0.4, 0.5) is 13.2 Å². The summed E-state index contributed by atoms with van der Waals surface area (Å²) in [6.07, 6.45) is 0.0298. The van der Waals surface area contributed by atoms with Crippen LogP contribution in [0.2, 0.25) is 0 Å². The fraction of sp³-hybridized carbons (Fsp3) is 0.600. The molecule has 1 N–H and O–H groups in total. The zero-order valence-corrected chi connectivity index (χ0v) is 16.1. The van der Waals surface area contributed by atoms with E-state index in [-0.39, 0.29) is 29.0 Å². The first-order valence-electron chi connectivity index (χ1n) is 10.0. The Labute approximate surface area is 166 Å². The predicted molar refractivity (Wildman–Crippen MR) is 101 cm³/mol. The van der Waals surface area contributed by atoms with Gasteiger partial charge in [0.25, 0.3) is 0 Å². The summed E-state index contributed by atoms with van der Waals surface area (Å²) in [6.45, 7) is 4.86. The molecule has 29 heavy (non-hydrogen) atoms. The SMILES string of the molecule is CC1C(c2cnc3[nH]cc(C(F)(F)F)c3c2)=NN(C2CCOC2)C1[C@H]1CCOC1. The van der Waals surface area contributed by atoms with Gasteiger partial charge in [0.15, 0.2) is 0 Å². The normalized spacial score (nSPS) is 30.5. The lowest BCUT2D eigenvalue weighted by Crippen LogP contribution is -2.44. The van der Waals surface area contributed by atoms with E-state index in [0.717, 1.165) is 31.4 Å². The van der Waals surface area contributed by atoms with Crippen molar-refractivity contribution in [2.45, 2.75) is 38.0 Å². The second-order valence-corrected chi connectivity index (χ2v) is 8.11. The maximum Gasteiger partial charge on any atom is 0.418 e. The van der Waals surface area contributed by atoms with Gasteiger partial charge in [-0.1, -0.05) is 6.92 Å². The number of hydrazone groups is 1. The number of pyridine rings is 1. The molecular weight excluding hydrogens is 385 g/mol. The van der Waals surface area contributed by atoms with Gasteiger partial charge in [-0.25, -0.2) is 4.98 Å². The number of rotatable bonds is 3. The second-order valence-electron chi connectivity index (χ2n) is 8.11. The Kier molecular flexibility index (Phi) is 4.54. The molecule has 0 amide bonds. The molecule has 5 heterocycles. The summed E-state index contributed by atoms with van der Waals surface area (Å²) in [6, 6.07) is 1.91. The first-order valence-corrected chi connectivity index (χ1v) is 10.0. The van der Waals surface area contributed by atoms with E-state index in [2.05, 4.69) is 21.9 Å². The minimum Gasteiger partial charge on any atom is -0.381 e. The van der Waals surface area contributed by atoms with E-state index in [1.165, 1.54) is 0 Å². The lowest BCUT2D eigenvalue weighted by molar-refractivity contribution is -0.136. The second kappa shape index (κ2) is 6.98. The standard InChI is InChI=1S/C20H23F3N4O2/c1-11-17(13-6-15-16(20(21,22)23)8-25-19(15)24-7-13)26-27(14-3-5-29-10-14)18(11)12-2-4-28-9-12/h6-8,11-12,14,18H,2-5,9-10H2,1H3,(H,24,25)/t11?,12-,14?,18?/m0/s1. The highest BCUT2D eigenvalue weighted by Crippen LogP contribution is 2.38. The van der Waals surface area contributed by atoms with E-state index in [1.54, 1.807) is 12.3 Å². The van der Waals surface area contributed by atoms with Gasteiger partial charge in [0, 0.05) is 48.4 Å². The summed E-state index contributed by atoms with van der Waals surface area (Å²) in [7, 11) is 0. The van der Waals surface area contributed by atoms with Gasteiger partial charge in [-0.3, -0.25) is 5.01 Å². The lowest BCUT2D eigenvalue weighted by atomic mass is 9.84. The van der Waals surface area contributed by atoms with E-state index < -0.39 is 11.7 Å². The van der Waals surface area contributed by atoms with Gasteiger partial charge in [-0.05, 0) is 18.9 Å². The lowest BCUT2D eigenvalue weighted by Gasteiger charge is -2.34. The molecule has 156 valence electrons. The quantitative estimate of drug-likeness (QED) is 0.845. The van der Waals surface area contributed by atoms with Crippen LogP contribution < -0.4 is 0 Å². The highest BCUT2D eigenvalue weighted by Gasteiger charge is 2.45. The van der Waals surface area contributed by atoms with Crippen LogP contribution in [0, 0.1) is 11.8 Å². The smallest absolute Gasteiger partial charge is 0.381 e. The van der Waals surface area contributed by atoms with Crippen molar-refractivity contribution in [1.29, 1.82) is 0 Å². The van der Waals surface area contributed by atoms with Crippen LogP contribution in [-0.4, -0.2) is 59.2 Å². The molecule has 5 rings (SSSR count). The molecule has 0 spiro atoms. The number of fused-ring (bicyclic) bond motifs is 1. The molecule has 0 saturated carbocycles. The van der Waals surface area contributed by atoms with Gasteiger partial charge >= 0.3 is 6.18 Å². The summed E-state index contributed by atoms with van der Waals surface area (Å²) >= 11 is 0. The molecule has 3 aliphatic rings. The molecule has 4 atom stereocenters. The number of nitrogens with zero attached hydrogens (tertiary/aromatic N) is 3. The highest BCUT2D eigenvalue weighted by molar-refractivity contribution is 6.05. The minimum absolute atomic E-state index is 0.0647. The number of H-pyrrole nitrogens is 1. The van der Waals surface area contributed by atoms with E-state index in [9.17, 15) is 13.2 Å². The number of alkyl halides is 3. The topological polar surface area (TPSA) is 62.7 Å². The van der Waals surface area contributed by atoms with Crippen molar-refractivity contribution in [2.75, 3.05) is 26.4 Å². The first kappa shape index (κ1) is 18.9. The van der Waals surface area contributed by atoms with E-state index in [4.69, 9.17) is 14.6 Å². The number of aromatic nitrogens is 2. The molecule has 3 aliphatic heterocycles. The van der Waals surface area contributed by atoms with Crippen LogP contribution in [0.3, 0.4) is 0 Å². The number of hydrogen-bond donors (Lipinski definition) is 1. The van der Waals surface area contributed by atoms with Crippen LogP contribution in [-0.2, 0) is 15.7 Å². The van der Waals surface area contributed by atoms with E-state index in [1.807, 2.05) is 0 Å². The average Bonchev–Trinajstić information content (AvgIpc) is 3.45. The number of nitrogens with one attached hydrogen (secondary N) is 1. The Morgan fingerprint density at radius 3 is 2.66 bits per heavy atom. The van der Waals surface area contributed by atoms with Crippen LogP contribution in [0.15, 0.2) is 23.6 Å². The third-order valence-electron chi connectivity index (χ3n) is 6.33. The van der Waals surface area contributed by atoms with Crippen molar-refractivity contribution < 1.29 is 22.6 Å². The first-order chi connectivity index (χ1) is 13.9. The van der Waals surface area contributed by atoms with Gasteiger partial charge in [0.05, 0.1) is 36.6 Å². The Hall–Kier alpha value is -2.13. The van der Waals surface area contributed by atoms with Crippen LogP contribution in [0.5, 0.6) is 0 Å². The third-order valence-corrected chi connectivity index (χ3v) is 6.33. The van der Waals surface area contributed by atoms with E-state index in [0.29, 0.717) is 31.3 Å². The maximum absolute atomic E-state index is 13.4. The Bertz CT molecular complexity index is 929. The predicted octanol–water partition coefficient (Wildman–Crippen LogP) is 3.43. The zero-order chi connectivity index (χ0) is 20.2. The molecule has 3 unspecified atom stereocenters. The van der Waals surface area contributed by atoms with Crippen LogP contribution in [0.25, 0.3) is 11.0 Å². The summed E-state index contributed by atoms with van der Waals surface area (Å²) in [5.74, 6) is 0.413. The molecule has 0 bridgehead atoms. The molecule has 0 radical (unpaired) electrons. The van der Waals surface area contributed by atoms with Crippen molar-refractivity contribution in [3.05, 3.63) is 29.6 Å². The fourth-order valence-corrected chi connectivity index (χ4v) is 4.87. The van der Waals surface area contributed by atoms with Gasteiger partial charge in [0.2, 0.25) is 0 Å².